The summed E-state index contributed by atoms with van der Waals surface area (Å²) >= 11 is 3.25. The highest BCUT2D eigenvalue weighted by Crippen LogP contribution is 2.23. The summed E-state index contributed by atoms with van der Waals surface area (Å²) in [5.74, 6) is 0. The van der Waals surface area contributed by atoms with Gasteiger partial charge in [-0.1, -0.05) is 22.0 Å². The van der Waals surface area contributed by atoms with Gasteiger partial charge in [0, 0.05) is 10.2 Å². The van der Waals surface area contributed by atoms with Crippen molar-refractivity contribution in [2.24, 2.45) is 0 Å². The first kappa shape index (κ1) is 12.1. The summed E-state index contributed by atoms with van der Waals surface area (Å²) in [6, 6.07) is 12.8. The Balaban J connectivity index is 2.54. The molecule has 2 aromatic rings. The van der Waals surface area contributed by atoms with Crippen molar-refractivity contribution in [3.8, 4) is 0 Å². The predicted molar refractivity (Wildman–Crippen MR) is 70.4 cm³/mol. The average molecular weight is 312 g/mol. The molecule has 0 fully saturated rings. The Hall–Kier alpha value is -1.33. The molecule has 0 aliphatic heterocycles. The van der Waals surface area contributed by atoms with Crippen molar-refractivity contribution in [1.82, 2.24) is 0 Å². The zero-order valence-electron chi connectivity index (χ0n) is 8.80. The van der Waals surface area contributed by atoms with Crippen LogP contribution in [0.2, 0.25) is 0 Å². The topological polar surface area (TPSA) is 60.2 Å². The summed E-state index contributed by atoms with van der Waals surface area (Å²) in [7, 11) is -3.46. The normalized spacial score (nSPS) is 11.4. The van der Waals surface area contributed by atoms with Crippen LogP contribution in [0.1, 0.15) is 0 Å². The van der Waals surface area contributed by atoms with Gasteiger partial charge in [-0.05, 0) is 42.5 Å². The minimum Gasteiger partial charge on any atom is -0.399 e. The van der Waals surface area contributed by atoms with Crippen molar-refractivity contribution >= 4 is 31.5 Å². The van der Waals surface area contributed by atoms with Crippen molar-refractivity contribution in [2.75, 3.05) is 5.73 Å². The summed E-state index contributed by atoms with van der Waals surface area (Å²) in [5.41, 5.74) is 6.07. The molecule has 88 valence electrons. The van der Waals surface area contributed by atoms with Crippen LogP contribution < -0.4 is 5.73 Å². The van der Waals surface area contributed by atoms with E-state index >= 15 is 0 Å². The van der Waals surface area contributed by atoms with Crippen molar-refractivity contribution in [3.05, 3.63) is 53.0 Å². The number of rotatable bonds is 2. The molecule has 2 rings (SSSR count). The fourth-order valence-corrected chi connectivity index (χ4v) is 3.27. The molecule has 0 spiro atoms. The Kier molecular flexibility index (Phi) is 3.22. The second-order valence-electron chi connectivity index (χ2n) is 3.53. The molecule has 3 nitrogen and oxygen atoms in total. The lowest BCUT2D eigenvalue weighted by atomic mass is 10.3. The molecule has 0 radical (unpaired) electrons. The van der Waals surface area contributed by atoms with Crippen LogP contribution in [0, 0.1) is 0 Å². The Morgan fingerprint density at radius 2 is 1.59 bits per heavy atom. The second kappa shape index (κ2) is 4.50. The fourth-order valence-electron chi connectivity index (χ4n) is 1.42. The third kappa shape index (κ3) is 2.50. The third-order valence-corrected chi connectivity index (χ3v) is 4.56. The molecule has 0 amide bonds. The number of nitrogens with two attached hydrogens (primary N) is 1. The van der Waals surface area contributed by atoms with E-state index in [4.69, 9.17) is 5.73 Å². The lowest BCUT2D eigenvalue weighted by Gasteiger charge is -2.05. The molecule has 0 atom stereocenters. The fraction of sp³-hybridized carbons (Fsp3) is 0. The molecule has 0 aliphatic rings. The summed E-state index contributed by atoms with van der Waals surface area (Å²) in [6.45, 7) is 0. The van der Waals surface area contributed by atoms with Gasteiger partial charge in [-0.25, -0.2) is 8.42 Å². The van der Waals surface area contributed by atoms with E-state index < -0.39 is 9.84 Å². The molecule has 0 saturated carbocycles. The second-order valence-corrected chi connectivity index (χ2v) is 6.40. The highest BCUT2D eigenvalue weighted by Gasteiger charge is 2.17. The quantitative estimate of drug-likeness (QED) is 0.868. The zero-order chi connectivity index (χ0) is 12.5. The van der Waals surface area contributed by atoms with Gasteiger partial charge in [0.15, 0.2) is 0 Å². The van der Waals surface area contributed by atoms with Gasteiger partial charge in [-0.2, -0.15) is 0 Å². The van der Waals surface area contributed by atoms with Crippen molar-refractivity contribution in [2.45, 2.75) is 9.79 Å². The molecule has 17 heavy (non-hydrogen) atoms. The van der Waals surface area contributed by atoms with Gasteiger partial charge >= 0.3 is 0 Å². The number of hydrogen-bond acceptors (Lipinski definition) is 3. The van der Waals surface area contributed by atoms with Crippen molar-refractivity contribution < 1.29 is 8.42 Å². The first-order valence-electron chi connectivity index (χ1n) is 4.86. The van der Waals surface area contributed by atoms with E-state index in [2.05, 4.69) is 15.9 Å². The molecule has 2 N–H and O–H groups in total. The molecular weight excluding hydrogens is 302 g/mol. The Morgan fingerprint density at radius 1 is 0.941 bits per heavy atom. The molecule has 0 unspecified atom stereocenters. The van der Waals surface area contributed by atoms with Gasteiger partial charge in [0.1, 0.15) is 0 Å². The van der Waals surface area contributed by atoms with Crippen molar-refractivity contribution in [1.29, 1.82) is 0 Å². The molecule has 2 aromatic carbocycles. The van der Waals surface area contributed by atoms with E-state index in [1.807, 2.05) is 0 Å². The van der Waals surface area contributed by atoms with Crippen LogP contribution in [0.3, 0.4) is 0 Å². The van der Waals surface area contributed by atoms with Crippen LogP contribution in [0.15, 0.2) is 62.8 Å². The maximum Gasteiger partial charge on any atom is 0.206 e. The first-order chi connectivity index (χ1) is 8.00. The van der Waals surface area contributed by atoms with E-state index in [1.165, 1.54) is 12.1 Å². The summed E-state index contributed by atoms with van der Waals surface area (Å²) in [6.07, 6.45) is 0. The largest absolute Gasteiger partial charge is 0.399 e. The number of benzene rings is 2. The zero-order valence-corrected chi connectivity index (χ0v) is 11.2. The maximum atomic E-state index is 12.2. The van der Waals surface area contributed by atoms with Gasteiger partial charge in [0.2, 0.25) is 9.84 Å². The number of nitrogen functional groups attached to an aromatic ring is 1. The first-order valence-corrected chi connectivity index (χ1v) is 7.14. The summed E-state index contributed by atoms with van der Waals surface area (Å²) < 4.78 is 25.2. The van der Waals surface area contributed by atoms with E-state index in [9.17, 15) is 8.42 Å². The van der Waals surface area contributed by atoms with E-state index in [-0.39, 0.29) is 9.79 Å². The highest BCUT2D eigenvalue weighted by atomic mass is 79.9. The Morgan fingerprint density at radius 3 is 2.18 bits per heavy atom. The third-order valence-electron chi connectivity index (χ3n) is 2.30. The molecule has 0 bridgehead atoms. The van der Waals surface area contributed by atoms with E-state index in [0.717, 1.165) is 4.47 Å². The van der Waals surface area contributed by atoms with E-state index in [1.54, 1.807) is 36.4 Å². The summed E-state index contributed by atoms with van der Waals surface area (Å²) in [5, 5.41) is 0. The van der Waals surface area contributed by atoms with Crippen LogP contribution >= 0.6 is 15.9 Å². The molecule has 5 heteroatoms. The highest BCUT2D eigenvalue weighted by molar-refractivity contribution is 9.10. The smallest absolute Gasteiger partial charge is 0.206 e. The van der Waals surface area contributed by atoms with Crippen LogP contribution in [0.25, 0.3) is 0 Å². The Labute approximate surface area is 108 Å². The van der Waals surface area contributed by atoms with Gasteiger partial charge in [-0.15, -0.1) is 0 Å². The van der Waals surface area contributed by atoms with Crippen molar-refractivity contribution in [3.63, 3.8) is 0 Å². The number of halogens is 1. The lowest BCUT2D eigenvalue weighted by molar-refractivity contribution is 0.596. The van der Waals surface area contributed by atoms with Crippen LogP contribution in [0.5, 0.6) is 0 Å². The molecule has 0 saturated heterocycles. The lowest BCUT2D eigenvalue weighted by Crippen LogP contribution is -2.02. The van der Waals surface area contributed by atoms with Gasteiger partial charge in [0.05, 0.1) is 9.79 Å². The molecule has 0 heterocycles. The maximum absolute atomic E-state index is 12.2. The minimum atomic E-state index is -3.46. The van der Waals surface area contributed by atoms with Crippen LogP contribution in [-0.4, -0.2) is 8.42 Å². The predicted octanol–water partition coefficient (Wildman–Crippen LogP) is 2.86. The van der Waals surface area contributed by atoms with Gasteiger partial charge in [-0.3, -0.25) is 0 Å². The number of hydrogen-bond donors (Lipinski definition) is 1. The average Bonchev–Trinajstić information content (AvgIpc) is 2.29. The standard InChI is InChI=1S/C12H10BrNO2S/c13-9-2-1-3-12(8-9)17(15,16)11-6-4-10(14)5-7-11/h1-8H,14H2. The van der Waals surface area contributed by atoms with Crippen LogP contribution in [-0.2, 0) is 9.84 Å². The number of sulfone groups is 1. The summed E-state index contributed by atoms with van der Waals surface area (Å²) in [4.78, 5) is 0.501. The van der Waals surface area contributed by atoms with Gasteiger partial charge < -0.3 is 5.73 Å². The monoisotopic (exact) mass is 311 g/mol. The number of anilines is 1. The minimum absolute atomic E-state index is 0.241. The molecule has 0 aromatic heterocycles. The van der Waals surface area contributed by atoms with E-state index in [0.29, 0.717) is 5.69 Å². The van der Waals surface area contributed by atoms with Crippen LogP contribution in [0.4, 0.5) is 5.69 Å². The molecular formula is C12H10BrNO2S. The molecule has 0 aliphatic carbocycles. The SMILES string of the molecule is Nc1ccc(S(=O)(=O)c2cccc(Br)c2)cc1. The Bertz CT molecular complexity index is 636. The van der Waals surface area contributed by atoms with Gasteiger partial charge in [0.25, 0.3) is 0 Å².